The van der Waals surface area contributed by atoms with Crippen LogP contribution in [0.4, 0.5) is 13.2 Å². The summed E-state index contributed by atoms with van der Waals surface area (Å²) in [5.74, 6) is -0.822. The van der Waals surface area contributed by atoms with Gasteiger partial charge in [0.15, 0.2) is 0 Å². The average molecular weight is 300 g/mol. The topological polar surface area (TPSA) is 37.3 Å². The van der Waals surface area contributed by atoms with Crippen LogP contribution < -0.4 is 0 Å². The number of hydrogen-bond donors (Lipinski definition) is 1. The van der Waals surface area contributed by atoms with Crippen molar-refractivity contribution in [3.63, 3.8) is 0 Å². The lowest BCUT2D eigenvalue weighted by Crippen LogP contribution is -2.04. The molecule has 1 aromatic carbocycles. The van der Waals surface area contributed by atoms with E-state index in [9.17, 15) is 18.0 Å². The predicted octanol–water partition coefficient (Wildman–Crippen LogP) is 4.84. The Morgan fingerprint density at radius 1 is 1.19 bits per heavy atom. The SMILES string of the molecule is CCC(=CCCc1ccc(C(F)(F)F)cc1)CCC(=O)O. The number of carboxylic acids is 1. The summed E-state index contributed by atoms with van der Waals surface area (Å²) in [5, 5.41) is 8.63. The number of carboxylic acid groups (broad SMARTS) is 1. The van der Waals surface area contributed by atoms with Gasteiger partial charge in [0.25, 0.3) is 0 Å². The summed E-state index contributed by atoms with van der Waals surface area (Å²) < 4.78 is 37.2. The summed E-state index contributed by atoms with van der Waals surface area (Å²) in [6.45, 7) is 1.96. The van der Waals surface area contributed by atoms with E-state index in [1.165, 1.54) is 12.1 Å². The van der Waals surface area contributed by atoms with Crippen molar-refractivity contribution in [3.05, 3.63) is 47.0 Å². The monoisotopic (exact) mass is 300 g/mol. The summed E-state index contributed by atoms with van der Waals surface area (Å²) in [6, 6.07) is 5.15. The average Bonchev–Trinajstić information content (AvgIpc) is 2.42. The number of carbonyl (C=O) groups is 1. The van der Waals surface area contributed by atoms with Crippen molar-refractivity contribution in [2.75, 3.05) is 0 Å². The van der Waals surface area contributed by atoms with Crippen LogP contribution in [0.5, 0.6) is 0 Å². The van der Waals surface area contributed by atoms with E-state index < -0.39 is 17.7 Å². The molecule has 0 saturated heterocycles. The van der Waals surface area contributed by atoms with Crippen molar-refractivity contribution >= 4 is 5.97 Å². The lowest BCUT2D eigenvalue weighted by molar-refractivity contribution is -0.138. The quantitative estimate of drug-likeness (QED) is 0.732. The summed E-state index contributed by atoms with van der Waals surface area (Å²) in [7, 11) is 0. The molecule has 1 rings (SSSR count). The third-order valence-electron chi connectivity index (χ3n) is 3.26. The van der Waals surface area contributed by atoms with Gasteiger partial charge in [-0.3, -0.25) is 4.79 Å². The zero-order valence-electron chi connectivity index (χ0n) is 11.9. The summed E-state index contributed by atoms with van der Waals surface area (Å²) in [6.07, 6.45) is 0.465. The number of allylic oxidation sites excluding steroid dienone is 2. The van der Waals surface area contributed by atoms with Crippen molar-refractivity contribution < 1.29 is 23.1 Å². The van der Waals surface area contributed by atoms with Crippen LogP contribution in [-0.4, -0.2) is 11.1 Å². The van der Waals surface area contributed by atoms with Gasteiger partial charge < -0.3 is 5.11 Å². The first-order valence-corrected chi connectivity index (χ1v) is 6.88. The normalized spacial score (nSPS) is 12.5. The van der Waals surface area contributed by atoms with Gasteiger partial charge >= 0.3 is 12.1 Å². The largest absolute Gasteiger partial charge is 0.481 e. The molecule has 0 atom stereocenters. The molecule has 0 radical (unpaired) electrons. The van der Waals surface area contributed by atoms with Gasteiger partial charge in [-0.1, -0.05) is 30.7 Å². The smallest absolute Gasteiger partial charge is 0.416 e. The van der Waals surface area contributed by atoms with E-state index in [2.05, 4.69) is 0 Å². The summed E-state index contributed by atoms with van der Waals surface area (Å²) >= 11 is 0. The minimum absolute atomic E-state index is 0.111. The Kier molecular flexibility index (Phi) is 6.46. The van der Waals surface area contributed by atoms with E-state index in [0.717, 1.165) is 29.7 Å². The third-order valence-corrected chi connectivity index (χ3v) is 3.26. The number of halogens is 3. The zero-order chi connectivity index (χ0) is 15.9. The maximum absolute atomic E-state index is 12.4. The Balaban J connectivity index is 2.52. The predicted molar refractivity (Wildman–Crippen MR) is 75.0 cm³/mol. The van der Waals surface area contributed by atoms with Crippen LogP contribution in [0.1, 0.15) is 43.7 Å². The molecule has 116 valence electrons. The van der Waals surface area contributed by atoms with Gasteiger partial charge in [-0.15, -0.1) is 0 Å². The first-order valence-electron chi connectivity index (χ1n) is 6.88. The van der Waals surface area contributed by atoms with Crippen LogP contribution >= 0.6 is 0 Å². The van der Waals surface area contributed by atoms with Crippen LogP contribution in [0.25, 0.3) is 0 Å². The highest BCUT2D eigenvalue weighted by molar-refractivity contribution is 5.67. The molecular formula is C16H19F3O2. The van der Waals surface area contributed by atoms with Gasteiger partial charge in [0, 0.05) is 6.42 Å². The molecule has 0 aliphatic carbocycles. The Bertz CT molecular complexity index is 487. The van der Waals surface area contributed by atoms with E-state index in [1.807, 2.05) is 13.0 Å². The maximum atomic E-state index is 12.4. The highest BCUT2D eigenvalue weighted by Crippen LogP contribution is 2.29. The van der Waals surface area contributed by atoms with E-state index in [1.54, 1.807) is 0 Å². The Morgan fingerprint density at radius 3 is 2.29 bits per heavy atom. The van der Waals surface area contributed by atoms with Crippen molar-refractivity contribution in [1.29, 1.82) is 0 Å². The summed E-state index contributed by atoms with van der Waals surface area (Å²) in [5.41, 5.74) is 1.27. The fourth-order valence-electron chi connectivity index (χ4n) is 1.99. The van der Waals surface area contributed by atoms with Crippen LogP contribution in [0.2, 0.25) is 0 Å². The van der Waals surface area contributed by atoms with Crippen molar-refractivity contribution in [2.24, 2.45) is 0 Å². The fourth-order valence-corrected chi connectivity index (χ4v) is 1.99. The van der Waals surface area contributed by atoms with Crippen LogP contribution in [0, 0.1) is 0 Å². The maximum Gasteiger partial charge on any atom is 0.416 e. The fraction of sp³-hybridized carbons (Fsp3) is 0.438. The first-order chi connectivity index (χ1) is 9.82. The second kappa shape index (κ2) is 7.86. The third kappa shape index (κ3) is 6.47. The molecule has 1 N–H and O–H groups in total. The first kappa shape index (κ1) is 17.3. The van der Waals surface area contributed by atoms with Gasteiger partial charge in [0.05, 0.1) is 5.56 Å². The molecule has 0 aromatic heterocycles. The summed E-state index contributed by atoms with van der Waals surface area (Å²) in [4.78, 5) is 10.5. The second-order valence-electron chi connectivity index (χ2n) is 4.84. The number of aliphatic carboxylic acids is 1. The van der Waals surface area contributed by atoms with Gasteiger partial charge in [0.1, 0.15) is 0 Å². The Labute approximate surface area is 122 Å². The van der Waals surface area contributed by atoms with Crippen molar-refractivity contribution in [2.45, 2.75) is 45.2 Å². The number of benzene rings is 1. The van der Waals surface area contributed by atoms with Crippen molar-refractivity contribution in [1.82, 2.24) is 0 Å². The molecule has 0 unspecified atom stereocenters. The van der Waals surface area contributed by atoms with Gasteiger partial charge in [0.2, 0.25) is 0 Å². The minimum Gasteiger partial charge on any atom is -0.481 e. The van der Waals surface area contributed by atoms with E-state index >= 15 is 0 Å². The second-order valence-corrected chi connectivity index (χ2v) is 4.84. The van der Waals surface area contributed by atoms with Crippen molar-refractivity contribution in [3.8, 4) is 0 Å². The molecule has 0 amide bonds. The molecule has 2 nitrogen and oxygen atoms in total. The molecule has 21 heavy (non-hydrogen) atoms. The number of aryl methyl sites for hydroxylation is 1. The Hall–Kier alpha value is -1.78. The van der Waals surface area contributed by atoms with E-state index in [0.29, 0.717) is 19.3 Å². The molecule has 5 heteroatoms. The molecule has 0 heterocycles. The van der Waals surface area contributed by atoms with Gasteiger partial charge in [-0.2, -0.15) is 13.2 Å². The molecule has 1 aromatic rings. The lowest BCUT2D eigenvalue weighted by Gasteiger charge is -2.07. The molecule has 0 spiro atoms. The molecule has 0 bridgehead atoms. The van der Waals surface area contributed by atoms with Crippen LogP contribution in [0.15, 0.2) is 35.9 Å². The molecular weight excluding hydrogens is 281 g/mol. The van der Waals surface area contributed by atoms with E-state index in [-0.39, 0.29) is 6.42 Å². The standard InChI is InChI=1S/C16H19F3O2/c1-2-12(8-11-15(20)21)4-3-5-13-6-9-14(10-7-13)16(17,18)19/h4,6-7,9-10H,2-3,5,8,11H2,1H3,(H,20,21). The lowest BCUT2D eigenvalue weighted by atomic mass is 10.0. The highest BCUT2D eigenvalue weighted by atomic mass is 19.4. The van der Waals surface area contributed by atoms with Gasteiger partial charge in [-0.25, -0.2) is 0 Å². The number of hydrogen-bond acceptors (Lipinski definition) is 1. The molecule has 0 saturated carbocycles. The Morgan fingerprint density at radius 2 is 1.81 bits per heavy atom. The number of alkyl halides is 3. The molecule has 0 aliphatic rings. The molecule has 0 aliphatic heterocycles. The minimum atomic E-state index is -4.30. The number of rotatable bonds is 7. The highest BCUT2D eigenvalue weighted by Gasteiger charge is 2.29. The van der Waals surface area contributed by atoms with Gasteiger partial charge in [-0.05, 0) is 43.4 Å². The van der Waals surface area contributed by atoms with Crippen LogP contribution in [-0.2, 0) is 17.4 Å². The van der Waals surface area contributed by atoms with Crippen LogP contribution in [0.3, 0.4) is 0 Å². The van der Waals surface area contributed by atoms with E-state index in [4.69, 9.17) is 5.11 Å². The molecule has 0 fully saturated rings. The zero-order valence-corrected chi connectivity index (χ0v) is 11.9.